The Morgan fingerprint density at radius 2 is 2.00 bits per heavy atom. The molecule has 2 aliphatic heterocycles. The van der Waals surface area contributed by atoms with Gasteiger partial charge in [-0.2, -0.15) is 11.8 Å². The van der Waals surface area contributed by atoms with Gasteiger partial charge in [-0.15, -0.1) is 0 Å². The van der Waals surface area contributed by atoms with Crippen molar-refractivity contribution in [3.63, 3.8) is 0 Å². The standard InChI is InChI=1S/C15H29N3O2S/c1-3-17(4-2)15(19)18(14-5-12-21-13-14)7-6-16-8-10-20-11-9-16/h14H,3-13H2,1-2H3. The molecule has 2 saturated heterocycles. The van der Waals surface area contributed by atoms with Crippen molar-refractivity contribution in [3.8, 4) is 0 Å². The topological polar surface area (TPSA) is 36.0 Å². The van der Waals surface area contributed by atoms with Gasteiger partial charge in [-0.05, 0) is 26.0 Å². The first-order valence-electron chi connectivity index (χ1n) is 8.19. The fourth-order valence-electron chi connectivity index (χ4n) is 2.95. The minimum absolute atomic E-state index is 0.223. The highest BCUT2D eigenvalue weighted by atomic mass is 32.2. The Morgan fingerprint density at radius 3 is 2.57 bits per heavy atom. The molecule has 0 aromatic carbocycles. The summed E-state index contributed by atoms with van der Waals surface area (Å²) >= 11 is 1.97. The van der Waals surface area contributed by atoms with E-state index < -0.39 is 0 Å². The van der Waals surface area contributed by atoms with Crippen LogP contribution >= 0.6 is 11.8 Å². The summed E-state index contributed by atoms with van der Waals surface area (Å²) < 4.78 is 5.39. The zero-order chi connectivity index (χ0) is 15.1. The van der Waals surface area contributed by atoms with E-state index in [1.807, 2.05) is 16.7 Å². The zero-order valence-electron chi connectivity index (χ0n) is 13.4. The first-order chi connectivity index (χ1) is 10.3. The molecule has 0 saturated carbocycles. The average Bonchev–Trinajstić information content (AvgIpc) is 3.04. The van der Waals surface area contributed by atoms with Gasteiger partial charge in [0, 0.05) is 51.1 Å². The van der Waals surface area contributed by atoms with Crippen molar-refractivity contribution >= 4 is 17.8 Å². The summed E-state index contributed by atoms with van der Waals surface area (Å²) in [5, 5.41) is 0. The maximum absolute atomic E-state index is 12.8. The number of amides is 2. The van der Waals surface area contributed by atoms with Crippen LogP contribution in [0.3, 0.4) is 0 Å². The molecule has 0 radical (unpaired) electrons. The Hall–Kier alpha value is -0.460. The van der Waals surface area contributed by atoms with Crippen molar-refractivity contribution in [1.82, 2.24) is 14.7 Å². The van der Waals surface area contributed by atoms with E-state index in [2.05, 4.69) is 23.6 Å². The third-order valence-corrected chi connectivity index (χ3v) is 5.53. The van der Waals surface area contributed by atoms with Gasteiger partial charge in [0.05, 0.1) is 13.2 Å². The van der Waals surface area contributed by atoms with Crippen molar-refractivity contribution in [2.75, 3.05) is 64.0 Å². The van der Waals surface area contributed by atoms with Gasteiger partial charge in [0.15, 0.2) is 0 Å². The van der Waals surface area contributed by atoms with Gasteiger partial charge in [-0.3, -0.25) is 4.90 Å². The van der Waals surface area contributed by atoms with E-state index in [0.29, 0.717) is 6.04 Å². The minimum Gasteiger partial charge on any atom is -0.379 e. The normalized spacial score (nSPS) is 23.2. The Balaban J connectivity index is 1.92. The largest absolute Gasteiger partial charge is 0.379 e. The van der Waals surface area contributed by atoms with Gasteiger partial charge in [-0.1, -0.05) is 0 Å². The number of morpholine rings is 1. The van der Waals surface area contributed by atoms with E-state index in [0.717, 1.165) is 64.7 Å². The molecular weight excluding hydrogens is 286 g/mol. The Bertz CT molecular complexity index is 314. The van der Waals surface area contributed by atoms with E-state index in [-0.39, 0.29) is 6.03 Å². The molecule has 1 unspecified atom stereocenters. The van der Waals surface area contributed by atoms with E-state index in [1.54, 1.807) is 0 Å². The summed E-state index contributed by atoms with van der Waals surface area (Å²) in [6, 6.07) is 0.643. The number of urea groups is 1. The molecule has 1 atom stereocenters. The predicted molar refractivity (Wildman–Crippen MR) is 88.0 cm³/mol. The maximum atomic E-state index is 12.8. The number of ether oxygens (including phenoxy) is 1. The third-order valence-electron chi connectivity index (χ3n) is 4.39. The summed E-state index contributed by atoms with van der Waals surface area (Å²) in [5.41, 5.74) is 0. The van der Waals surface area contributed by atoms with Crippen LogP contribution in [0.5, 0.6) is 0 Å². The van der Waals surface area contributed by atoms with Crippen LogP contribution in [0.25, 0.3) is 0 Å². The van der Waals surface area contributed by atoms with Gasteiger partial charge < -0.3 is 14.5 Å². The summed E-state index contributed by atoms with van der Waals surface area (Å²) in [6.45, 7) is 11.2. The van der Waals surface area contributed by atoms with Crippen LogP contribution in [0.4, 0.5) is 4.79 Å². The van der Waals surface area contributed by atoms with E-state index in [1.165, 1.54) is 5.75 Å². The third kappa shape index (κ3) is 4.76. The first kappa shape index (κ1) is 16.9. The quantitative estimate of drug-likeness (QED) is 0.746. The highest BCUT2D eigenvalue weighted by Gasteiger charge is 2.29. The molecule has 122 valence electrons. The lowest BCUT2D eigenvalue weighted by molar-refractivity contribution is 0.0326. The molecule has 21 heavy (non-hydrogen) atoms. The molecule has 5 nitrogen and oxygen atoms in total. The van der Waals surface area contributed by atoms with E-state index in [4.69, 9.17) is 4.74 Å². The number of rotatable bonds is 6. The molecule has 0 aromatic rings. The molecule has 6 heteroatoms. The predicted octanol–water partition coefficient (Wildman–Crippen LogP) is 1.59. The van der Waals surface area contributed by atoms with Crippen molar-refractivity contribution < 1.29 is 9.53 Å². The average molecular weight is 315 g/mol. The van der Waals surface area contributed by atoms with Crippen LogP contribution in [-0.4, -0.2) is 90.8 Å². The van der Waals surface area contributed by atoms with Crippen LogP contribution < -0.4 is 0 Å². The zero-order valence-corrected chi connectivity index (χ0v) is 14.2. The van der Waals surface area contributed by atoms with Crippen LogP contribution in [0.1, 0.15) is 20.3 Å². The molecule has 0 spiro atoms. The Labute approximate surface area is 133 Å². The lowest BCUT2D eigenvalue weighted by atomic mass is 10.2. The second-order valence-electron chi connectivity index (χ2n) is 5.62. The van der Waals surface area contributed by atoms with Gasteiger partial charge in [0.25, 0.3) is 0 Å². The molecule has 0 aliphatic carbocycles. The second-order valence-corrected chi connectivity index (χ2v) is 6.77. The van der Waals surface area contributed by atoms with E-state index >= 15 is 0 Å². The minimum atomic E-state index is 0.223. The fraction of sp³-hybridized carbons (Fsp3) is 0.933. The summed E-state index contributed by atoms with van der Waals surface area (Å²) in [5.74, 6) is 2.28. The maximum Gasteiger partial charge on any atom is 0.320 e. The molecule has 0 aromatic heterocycles. The van der Waals surface area contributed by atoms with Gasteiger partial charge >= 0.3 is 6.03 Å². The Morgan fingerprint density at radius 1 is 1.29 bits per heavy atom. The second kappa shape index (κ2) is 8.86. The molecule has 0 N–H and O–H groups in total. The van der Waals surface area contributed by atoms with Crippen molar-refractivity contribution in [2.24, 2.45) is 0 Å². The van der Waals surface area contributed by atoms with Crippen molar-refractivity contribution in [1.29, 1.82) is 0 Å². The monoisotopic (exact) mass is 315 g/mol. The van der Waals surface area contributed by atoms with Crippen LogP contribution in [0.15, 0.2) is 0 Å². The summed E-state index contributed by atoms with van der Waals surface area (Å²) in [6.07, 6.45) is 1.14. The Kier molecular flexibility index (Phi) is 7.13. The van der Waals surface area contributed by atoms with Crippen LogP contribution in [-0.2, 0) is 4.74 Å². The number of carbonyl (C=O) groups excluding carboxylic acids is 1. The number of nitrogens with zero attached hydrogens (tertiary/aromatic N) is 3. The number of hydrogen-bond donors (Lipinski definition) is 0. The lowest BCUT2D eigenvalue weighted by Gasteiger charge is -2.35. The summed E-state index contributed by atoms with van der Waals surface area (Å²) in [4.78, 5) is 19.2. The number of hydrogen-bond acceptors (Lipinski definition) is 4. The molecule has 0 bridgehead atoms. The number of thioether (sulfide) groups is 1. The molecule has 2 fully saturated rings. The molecular formula is C15H29N3O2S. The van der Waals surface area contributed by atoms with Gasteiger partial charge in [-0.25, -0.2) is 4.79 Å². The smallest absolute Gasteiger partial charge is 0.320 e. The van der Waals surface area contributed by atoms with Crippen LogP contribution in [0, 0.1) is 0 Å². The van der Waals surface area contributed by atoms with Crippen LogP contribution in [0.2, 0.25) is 0 Å². The lowest BCUT2D eigenvalue weighted by Crippen LogP contribution is -2.51. The highest BCUT2D eigenvalue weighted by molar-refractivity contribution is 7.99. The van der Waals surface area contributed by atoms with Gasteiger partial charge in [0.1, 0.15) is 0 Å². The fourth-order valence-corrected chi connectivity index (χ4v) is 4.18. The highest BCUT2D eigenvalue weighted by Crippen LogP contribution is 2.23. The van der Waals surface area contributed by atoms with Gasteiger partial charge in [0.2, 0.25) is 0 Å². The van der Waals surface area contributed by atoms with Crippen molar-refractivity contribution in [3.05, 3.63) is 0 Å². The molecule has 2 rings (SSSR count). The SMILES string of the molecule is CCN(CC)C(=O)N(CCN1CCOCC1)C1CCSC1. The van der Waals surface area contributed by atoms with E-state index in [9.17, 15) is 4.79 Å². The molecule has 2 amide bonds. The first-order valence-corrected chi connectivity index (χ1v) is 9.35. The summed E-state index contributed by atoms with van der Waals surface area (Å²) in [7, 11) is 0. The molecule has 2 heterocycles. The number of carbonyl (C=O) groups is 1. The van der Waals surface area contributed by atoms with Crippen molar-refractivity contribution in [2.45, 2.75) is 26.3 Å². The molecule has 2 aliphatic rings.